The van der Waals surface area contributed by atoms with E-state index < -0.39 is 0 Å². The molecule has 3 rings (SSSR count). The molecule has 0 amide bonds. The van der Waals surface area contributed by atoms with Crippen LogP contribution in [0.4, 0.5) is 11.6 Å². The molecule has 0 aromatic carbocycles. The second-order valence-corrected chi connectivity index (χ2v) is 4.88. The number of rotatable bonds is 2. The van der Waals surface area contributed by atoms with Crippen LogP contribution >= 0.6 is 0 Å². The molecule has 2 heterocycles. The first kappa shape index (κ1) is 10.6. The molecule has 1 saturated carbocycles. The standard InChI is InChI=1S/C12H18N4O/c1-8-4-2-3-5-9(8)16-12-10-11(13-6-14-12)15-7-17-10/h6,8-9H,2-5,7H2,1H3,(H2,13,14,15,16). The first-order valence-corrected chi connectivity index (χ1v) is 6.33. The maximum atomic E-state index is 5.51. The Hall–Kier alpha value is -1.52. The minimum atomic E-state index is 0.489. The van der Waals surface area contributed by atoms with Gasteiger partial charge in [0.05, 0.1) is 0 Å². The molecule has 1 aromatic heterocycles. The summed E-state index contributed by atoms with van der Waals surface area (Å²) in [4.78, 5) is 8.44. The molecule has 1 aliphatic carbocycles. The van der Waals surface area contributed by atoms with Crippen molar-refractivity contribution in [2.75, 3.05) is 17.4 Å². The van der Waals surface area contributed by atoms with Gasteiger partial charge in [0.15, 0.2) is 18.4 Å². The molecule has 17 heavy (non-hydrogen) atoms. The van der Waals surface area contributed by atoms with E-state index in [0.717, 1.165) is 17.4 Å². The first-order valence-electron chi connectivity index (χ1n) is 6.33. The predicted octanol–water partition coefficient (Wildman–Crippen LogP) is 2.23. The van der Waals surface area contributed by atoms with Crippen LogP contribution in [-0.4, -0.2) is 22.7 Å². The number of anilines is 2. The fourth-order valence-corrected chi connectivity index (χ4v) is 2.62. The number of fused-ring (bicyclic) bond motifs is 1. The van der Waals surface area contributed by atoms with E-state index in [1.54, 1.807) is 6.33 Å². The van der Waals surface area contributed by atoms with E-state index in [9.17, 15) is 0 Å². The van der Waals surface area contributed by atoms with E-state index >= 15 is 0 Å². The molecule has 0 bridgehead atoms. The monoisotopic (exact) mass is 234 g/mol. The smallest absolute Gasteiger partial charge is 0.206 e. The number of hydrogen-bond acceptors (Lipinski definition) is 5. The molecular weight excluding hydrogens is 216 g/mol. The van der Waals surface area contributed by atoms with E-state index in [1.165, 1.54) is 25.7 Å². The van der Waals surface area contributed by atoms with Gasteiger partial charge in [-0.05, 0) is 18.8 Å². The molecule has 1 aromatic rings. The number of nitrogens with zero attached hydrogens (tertiary/aromatic N) is 2. The van der Waals surface area contributed by atoms with Gasteiger partial charge in [-0.25, -0.2) is 9.97 Å². The van der Waals surface area contributed by atoms with Crippen LogP contribution in [0.1, 0.15) is 32.6 Å². The lowest BCUT2D eigenvalue weighted by molar-refractivity contribution is 0.344. The highest BCUT2D eigenvalue weighted by Crippen LogP contribution is 2.35. The van der Waals surface area contributed by atoms with Crippen LogP contribution in [0, 0.1) is 5.92 Å². The van der Waals surface area contributed by atoms with E-state index in [-0.39, 0.29) is 0 Å². The van der Waals surface area contributed by atoms with Gasteiger partial charge in [0.2, 0.25) is 5.75 Å². The van der Waals surface area contributed by atoms with Gasteiger partial charge in [0.25, 0.3) is 0 Å². The lowest BCUT2D eigenvalue weighted by Crippen LogP contribution is -2.30. The Bertz CT molecular complexity index is 409. The molecule has 92 valence electrons. The maximum absolute atomic E-state index is 5.51. The molecular formula is C12H18N4O. The van der Waals surface area contributed by atoms with Crippen LogP contribution < -0.4 is 15.4 Å². The minimum absolute atomic E-state index is 0.489. The number of nitrogens with one attached hydrogen (secondary N) is 2. The van der Waals surface area contributed by atoms with Crippen LogP contribution in [0.5, 0.6) is 5.75 Å². The predicted molar refractivity (Wildman–Crippen MR) is 66.2 cm³/mol. The topological polar surface area (TPSA) is 59.1 Å². The Labute approximate surface area is 101 Å². The highest BCUT2D eigenvalue weighted by Gasteiger charge is 2.25. The fraction of sp³-hybridized carbons (Fsp3) is 0.667. The van der Waals surface area contributed by atoms with Crippen molar-refractivity contribution in [3.63, 3.8) is 0 Å². The molecule has 0 radical (unpaired) electrons. The summed E-state index contributed by atoms with van der Waals surface area (Å²) < 4.78 is 5.51. The van der Waals surface area contributed by atoms with Crippen LogP contribution in [0.3, 0.4) is 0 Å². The van der Waals surface area contributed by atoms with Gasteiger partial charge < -0.3 is 15.4 Å². The van der Waals surface area contributed by atoms with Crippen molar-refractivity contribution in [1.29, 1.82) is 0 Å². The van der Waals surface area contributed by atoms with E-state index in [1.807, 2.05) is 0 Å². The first-order chi connectivity index (χ1) is 8.34. The zero-order valence-corrected chi connectivity index (χ0v) is 10.1. The van der Waals surface area contributed by atoms with Crippen molar-refractivity contribution in [3.05, 3.63) is 6.33 Å². The third-order valence-electron chi connectivity index (χ3n) is 3.69. The molecule has 5 nitrogen and oxygen atoms in total. The van der Waals surface area contributed by atoms with Crippen LogP contribution in [-0.2, 0) is 0 Å². The lowest BCUT2D eigenvalue weighted by atomic mass is 9.86. The van der Waals surface area contributed by atoms with Gasteiger partial charge in [-0.15, -0.1) is 0 Å². The van der Waals surface area contributed by atoms with Gasteiger partial charge in [0, 0.05) is 6.04 Å². The summed E-state index contributed by atoms with van der Waals surface area (Å²) >= 11 is 0. The quantitative estimate of drug-likeness (QED) is 0.821. The van der Waals surface area contributed by atoms with Crippen molar-refractivity contribution in [2.24, 2.45) is 5.92 Å². The largest absolute Gasteiger partial charge is 0.465 e. The van der Waals surface area contributed by atoms with Crippen molar-refractivity contribution >= 4 is 11.6 Å². The van der Waals surface area contributed by atoms with E-state index in [2.05, 4.69) is 27.5 Å². The van der Waals surface area contributed by atoms with Crippen molar-refractivity contribution in [3.8, 4) is 5.75 Å². The van der Waals surface area contributed by atoms with Crippen molar-refractivity contribution in [1.82, 2.24) is 9.97 Å². The molecule has 2 N–H and O–H groups in total. The Kier molecular flexibility index (Phi) is 2.74. The summed E-state index contributed by atoms with van der Waals surface area (Å²) in [5.41, 5.74) is 0. The van der Waals surface area contributed by atoms with Gasteiger partial charge in [0.1, 0.15) is 6.33 Å². The van der Waals surface area contributed by atoms with Crippen LogP contribution in [0.15, 0.2) is 6.33 Å². The Morgan fingerprint density at radius 2 is 2.24 bits per heavy atom. The molecule has 2 aliphatic rings. The van der Waals surface area contributed by atoms with E-state index in [4.69, 9.17) is 4.74 Å². The summed E-state index contributed by atoms with van der Waals surface area (Å²) in [5.74, 6) is 3.10. The molecule has 1 fully saturated rings. The molecule has 2 unspecified atom stereocenters. The zero-order chi connectivity index (χ0) is 11.7. The second-order valence-electron chi connectivity index (χ2n) is 4.88. The number of aromatic nitrogens is 2. The highest BCUT2D eigenvalue weighted by atomic mass is 16.5. The summed E-state index contributed by atoms with van der Waals surface area (Å²) in [6.07, 6.45) is 6.74. The summed E-state index contributed by atoms with van der Waals surface area (Å²) in [6, 6.07) is 0.506. The Morgan fingerprint density at radius 3 is 3.12 bits per heavy atom. The maximum Gasteiger partial charge on any atom is 0.206 e. The highest BCUT2D eigenvalue weighted by molar-refractivity contribution is 5.65. The van der Waals surface area contributed by atoms with Crippen molar-refractivity contribution in [2.45, 2.75) is 38.6 Å². The summed E-state index contributed by atoms with van der Waals surface area (Å²) in [5, 5.41) is 6.59. The van der Waals surface area contributed by atoms with Gasteiger partial charge >= 0.3 is 0 Å². The average Bonchev–Trinajstić information content (AvgIpc) is 2.81. The number of ether oxygens (including phenoxy) is 1. The lowest BCUT2D eigenvalue weighted by Gasteiger charge is -2.30. The van der Waals surface area contributed by atoms with Gasteiger partial charge in [-0.2, -0.15) is 0 Å². The van der Waals surface area contributed by atoms with Gasteiger partial charge in [-0.3, -0.25) is 0 Å². The second kappa shape index (κ2) is 4.39. The normalized spacial score (nSPS) is 26.9. The van der Waals surface area contributed by atoms with E-state index in [0.29, 0.717) is 18.7 Å². The summed E-state index contributed by atoms with van der Waals surface area (Å²) in [6.45, 7) is 2.79. The van der Waals surface area contributed by atoms with Crippen LogP contribution in [0.25, 0.3) is 0 Å². The SMILES string of the molecule is CC1CCCCC1Nc1ncnc2c1OCN2. The average molecular weight is 234 g/mol. The Morgan fingerprint density at radius 1 is 1.35 bits per heavy atom. The molecule has 0 saturated heterocycles. The summed E-state index contributed by atoms with van der Waals surface area (Å²) in [7, 11) is 0. The van der Waals surface area contributed by atoms with Crippen LogP contribution in [0.2, 0.25) is 0 Å². The zero-order valence-electron chi connectivity index (χ0n) is 10.1. The van der Waals surface area contributed by atoms with Gasteiger partial charge in [-0.1, -0.05) is 19.8 Å². The number of hydrogen-bond donors (Lipinski definition) is 2. The van der Waals surface area contributed by atoms with Crippen molar-refractivity contribution < 1.29 is 4.74 Å². The third-order valence-corrected chi connectivity index (χ3v) is 3.69. The minimum Gasteiger partial charge on any atom is -0.465 e. The Balaban J connectivity index is 1.78. The molecule has 5 heteroatoms. The third kappa shape index (κ3) is 2.01. The molecule has 2 atom stereocenters. The fourth-order valence-electron chi connectivity index (χ4n) is 2.62. The molecule has 0 spiro atoms. The molecule has 1 aliphatic heterocycles.